The molecule has 0 saturated carbocycles. The van der Waals surface area contributed by atoms with E-state index in [1.807, 2.05) is 124 Å². The molecule has 0 N–H and O–H groups in total. The summed E-state index contributed by atoms with van der Waals surface area (Å²) in [5.41, 5.74) is 14.5. The van der Waals surface area contributed by atoms with Crippen molar-refractivity contribution in [2.45, 2.75) is 34.1 Å². The summed E-state index contributed by atoms with van der Waals surface area (Å²) >= 11 is 0. The fraction of sp³-hybridized carbons (Fsp3) is 0.0877. The van der Waals surface area contributed by atoms with Crippen LogP contribution < -0.4 is 0 Å². The SMILES string of the molecule is C=Cc1c(CC)c(/C=C\C)n(-c2ccc(-c3c(-c4ccccc4)c(-c4ccccc4)c(-c4ccccc4)c(-c4ccccc4)c3-c3cc(F)c(F)c(F)c3)cc2)c1C=C.CC. The monoisotopic (exact) mass is 803 g/mol. The minimum absolute atomic E-state index is 0.214. The van der Waals surface area contributed by atoms with E-state index in [2.05, 4.69) is 91.4 Å². The molecule has 1 heterocycles. The fourth-order valence-corrected chi connectivity index (χ4v) is 8.47. The van der Waals surface area contributed by atoms with Crippen molar-refractivity contribution >= 4 is 18.2 Å². The molecule has 0 saturated heterocycles. The Morgan fingerprint density at radius 3 is 1.16 bits per heavy atom. The summed E-state index contributed by atoms with van der Waals surface area (Å²) in [6.45, 7) is 16.5. The van der Waals surface area contributed by atoms with Crippen molar-refractivity contribution in [2.24, 2.45) is 0 Å². The minimum atomic E-state index is -1.51. The van der Waals surface area contributed by atoms with Gasteiger partial charge in [0.1, 0.15) is 0 Å². The first-order valence-electron chi connectivity index (χ1n) is 20.8. The lowest BCUT2D eigenvalue weighted by Gasteiger charge is -2.29. The highest BCUT2D eigenvalue weighted by atomic mass is 19.2. The van der Waals surface area contributed by atoms with E-state index in [9.17, 15) is 4.39 Å². The Labute approximate surface area is 358 Å². The molecule has 7 aromatic carbocycles. The highest BCUT2D eigenvalue weighted by Crippen LogP contribution is 2.56. The van der Waals surface area contributed by atoms with E-state index in [0.717, 1.165) is 96.8 Å². The van der Waals surface area contributed by atoms with Gasteiger partial charge in [0.05, 0.1) is 5.69 Å². The zero-order valence-corrected chi connectivity index (χ0v) is 35.0. The molecule has 0 spiro atoms. The molecule has 8 rings (SSSR count). The third kappa shape index (κ3) is 7.85. The fourth-order valence-electron chi connectivity index (χ4n) is 8.47. The van der Waals surface area contributed by atoms with Crippen molar-refractivity contribution in [1.29, 1.82) is 0 Å². The zero-order valence-electron chi connectivity index (χ0n) is 35.0. The highest BCUT2D eigenvalue weighted by Gasteiger charge is 2.30. The summed E-state index contributed by atoms with van der Waals surface area (Å²) in [6, 6.07) is 50.8. The van der Waals surface area contributed by atoms with Crippen LogP contribution in [0.1, 0.15) is 50.2 Å². The molecule has 61 heavy (non-hydrogen) atoms. The summed E-state index contributed by atoms with van der Waals surface area (Å²) < 4.78 is 48.4. The first-order chi connectivity index (χ1) is 29.9. The Morgan fingerprint density at radius 2 is 0.836 bits per heavy atom. The van der Waals surface area contributed by atoms with E-state index in [-0.39, 0.29) is 5.56 Å². The summed E-state index contributed by atoms with van der Waals surface area (Å²) in [4.78, 5) is 0. The Bertz CT molecular complexity index is 2810. The number of nitrogens with zero attached hydrogens (tertiary/aromatic N) is 1. The molecular formula is C57H48F3N. The van der Waals surface area contributed by atoms with Gasteiger partial charge in [-0.3, -0.25) is 0 Å². The van der Waals surface area contributed by atoms with Crippen LogP contribution in [0.15, 0.2) is 177 Å². The maximum absolute atomic E-state index is 15.7. The normalized spacial score (nSPS) is 11.0. The predicted octanol–water partition coefficient (Wildman–Crippen LogP) is 16.8. The standard InChI is InChI=1S/C55H42F3N.C2H6/c1-5-21-48-44(7-3)43(6-2)47(8-4)59(48)42-32-30-40(31-33-42)53-51(38-26-17-11-18-27-38)49(36-22-13-9-14-23-36)50(37-24-15-10-16-25-37)52(39-28-19-12-20-29-39)54(53)41-34-45(56)55(58)46(57)35-41;1-2/h5-6,8-35H,2,4,7H2,1,3H3;1-2H3/b21-5-;. The summed E-state index contributed by atoms with van der Waals surface area (Å²) in [7, 11) is 0. The molecule has 0 aliphatic rings. The Kier molecular flexibility index (Phi) is 13.0. The molecule has 0 radical (unpaired) electrons. The van der Waals surface area contributed by atoms with Gasteiger partial charge in [0.25, 0.3) is 0 Å². The summed E-state index contributed by atoms with van der Waals surface area (Å²) in [6.07, 6.45) is 8.69. The average molecular weight is 804 g/mol. The molecule has 0 amide bonds. The molecule has 0 aliphatic heterocycles. The van der Waals surface area contributed by atoms with Crippen molar-refractivity contribution in [3.8, 4) is 72.4 Å². The molecular weight excluding hydrogens is 756 g/mol. The van der Waals surface area contributed by atoms with Crippen LogP contribution in [-0.4, -0.2) is 4.57 Å². The second-order valence-corrected chi connectivity index (χ2v) is 14.3. The Balaban J connectivity index is 0.00000277. The van der Waals surface area contributed by atoms with Gasteiger partial charge in [0, 0.05) is 16.9 Å². The summed E-state index contributed by atoms with van der Waals surface area (Å²) in [5, 5.41) is 0. The van der Waals surface area contributed by atoms with Crippen molar-refractivity contribution in [3.63, 3.8) is 0 Å². The first-order valence-corrected chi connectivity index (χ1v) is 20.8. The van der Waals surface area contributed by atoms with E-state index >= 15 is 8.78 Å². The van der Waals surface area contributed by atoms with Gasteiger partial charge in [-0.15, -0.1) is 0 Å². The van der Waals surface area contributed by atoms with Gasteiger partial charge in [-0.25, -0.2) is 13.2 Å². The zero-order chi connectivity index (χ0) is 43.0. The molecule has 0 fully saturated rings. The molecule has 302 valence electrons. The van der Waals surface area contributed by atoms with Crippen LogP contribution in [0.3, 0.4) is 0 Å². The van der Waals surface area contributed by atoms with Crippen LogP contribution in [0, 0.1) is 17.5 Å². The quantitative estimate of drug-likeness (QED) is 0.115. The maximum atomic E-state index is 15.7. The van der Waals surface area contributed by atoms with Gasteiger partial charge in [0.2, 0.25) is 0 Å². The van der Waals surface area contributed by atoms with Crippen LogP contribution in [0.25, 0.3) is 90.7 Å². The smallest absolute Gasteiger partial charge is 0.194 e. The average Bonchev–Trinajstić information content (AvgIpc) is 3.63. The van der Waals surface area contributed by atoms with Gasteiger partial charge >= 0.3 is 0 Å². The van der Waals surface area contributed by atoms with Crippen LogP contribution >= 0.6 is 0 Å². The largest absolute Gasteiger partial charge is 0.310 e. The topological polar surface area (TPSA) is 4.93 Å². The number of halogens is 3. The van der Waals surface area contributed by atoms with Gasteiger partial charge in [0.15, 0.2) is 17.5 Å². The van der Waals surface area contributed by atoms with E-state index in [0.29, 0.717) is 5.56 Å². The van der Waals surface area contributed by atoms with E-state index in [1.54, 1.807) is 0 Å². The third-order valence-electron chi connectivity index (χ3n) is 10.9. The second-order valence-electron chi connectivity index (χ2n) is 14.3. The lowest BCUT2D eigenvalue weighted by Crippen LogP contribution is -2.04. The molecule has 8 aromatic rings. The molecule has 1 aromatic heterocycles. The van der Waals surface area contributed by atoms with Gasteiger partial charge in [-0.05, 0) is 122 Å². The van der Waals surface area contributed by atoms with Crippen molar-refractivity contribution in [2.75, 3.05) is 0 Å². The number of rotatable bonds is 11. The number of benzene rings is 7. The Hall–Kier alpha value is -7.17. The van der Waals surface area contributed by atoms with E-state index in [4.69, 9.17) is 0 Å². The maximum Gasteiger partial charge on any atom is 0.194 e. The van der Waals surface area contributed by atoms with Gasteiger partial charge < -0.3 is 4.57 Å². The lowest BCUT2D eigenvalue weighted by molar-refractivity contribution is 0.448. The molecule has 4 heteroatoms. The highest BCUT2D eigenvalue weighted by molar-refractivity contribution is 6.15. The minimum Gasteiger partial charge on any atom is -0.310 e. The number of hydrogen-bond acceptors (Lipinski definition) is 0. The van der Waals surface area contributed by atoms with Crippen LogP contribution in [-0.2, 0) is 6.42 Å². The predicted molar refractivity (Wildman–Crippen MR) is 254 cm³/mol. The number of aromatic nitrogens is 1. The van der Waals surface area contributed by atoms with E-state index < -0.39 is 17.5 Å². The van der Waals surface area contributed by atoms with Crippen LogP contribution in [0.4, 0.5) is 13.2 Å². The number of hydrogen-bond donors (Lipinski definition) is 0. The van der Waals surface area contributed by atoms with Crippen LogP contribution in [0.5, 0.6) is 0 Å². The lowest BCUT2D eigenvalue weighted by atomic mass is 9.74. The number of allylic oxidation sites excluding steroid dienone is 1. The van der Waals surface area contributed by atoms with Gasteiger partial charge in [-0.2, -0.15) is 0 Å². The van der Waals surface area contributed by atoms with Crippen molar-refractivity contribution in [3.05, 3.63) is 217 Å². The molecule has 1 nitrogen and oxygen atoms in total. The molecule has 0 atom stereocenters. The Morgan fingerprint density at radius 1 is 0.475 bits per heavy atom. The van der Waals surface area contributed by atoms with Gasteiger partial charge in [-0.1, -0.05) is 180 Å². The van der Waals surface area contributed by atoms with Crippen molar-refractivity contribution < 1.29 is 13.2 Å². The van der Waals surface area contributed by atoms with Crippen LogP contribution in [0.2, 0.25) is 0 Å². The molecule has 0 unspecified atom stereocenters. The summed E-state index contributed by atoms with van der Waals surface area (Å²) in [5.74, 6) is -4.04. The first kappa shape index (κ1) is 42.0. The second kappa shape index (κ2) is 18.8. The van der Waals surface area contributed by atoms with Crippen molar-refractivity contribution in [1.82, 2.24) is 4.57 Å². The third-order valence-corrected chi connectivity index (χ3v) is 10.9. The molecule has 0 aliphatic carbocycles. The molecule has 0 bridgehead atoms. The van der Waals surface area contributed by atoms with E-state index in [1.165, 1.54) is 5.56 Å².